The molecule has 21 heavy (non-hydrogen) atoms. The van der Waals surface area contributed by atoms with Gasteiger partial charge in [0.2, 0.25) is 5.91 Å². The maximum absolute atomic E-state index is 12.3. The highest BCUT2D eigenvalue weighted by Crippen LogP contribution is 2.21. The average Bonchev–Trinajstić information content (AvgIpc) is 2.65. The van der Waals surface area contributed by atoms with Crippen molar-refractivity contribution in [2.24, 2.45) is 12.8 Å². The summed E-state index contributed by atoms with van der Waals surface area (Å²) in [6, 6.07) is 5.42. The first-order chi connectivity index (χ1) is 9.72. The van der Waals surface area contributed by atoms with Gasteiger partial charge < -0.3 is 5.73 Å². The number of primary amides is 1. The maximum Gasteiger partial charge on any atom is 0.263 e. The molecule has 0 atom stereocenters. The van der Waals surface area contributed by atoms with Crippen LogP contribution >= 0.6 is 0 Å². The highest BCUT2D eigenvalue weighted by atomic mass is 32.2. The quantitative estimate of drug-likeness (QED) is 0.876. The fourth-order valence-electron chi connectivity index (χ4n) is 1.89. The van der Waals surface area contributed by atoms with E-state index in [1.165, 1.54) is 28.9 Å². The van der Waals surface area contributed by atoms with Crippen LogP contribution in [0.25, 0.3) is 0 Å². The van der Waals surface area contributed by atoms with Crippen LogP contribution in [-0.4, -0.2) is 24.1 Å². The van der Waals surface area contributed by atoms with Gasteiger partial charge in [-0.05, 0) is 38.1 Å². The number of amides is 1. The number of aromatic nitrogens is 2. The fourth-order valence-corrected chi connectivity index (χ4v) is 3.04. The molecule has 7 nitrogen and oxygen atoms in total. The Bertz CT molecular complexity index is 792. The van der Waals surface area contributed by atoms with E-state index in [1.807, 2.05) is 0 Å². The van der Waals surface area contributed by atoms with E-state index in [4.69, 9.17) is 5.73 Å². The van der Waals surface area contributed by atoms with E-state index in [0.717, 1.165) is 11.3 Å². The Hall–Kier alpha value is -2.35. The van der Waals surface area contributed by atoms with Crippen LogP contribution in [0.1, 0.15) is 21.6 Å². The Morgan fingerprint density at radius 3 is 2.24 bits per heavy atom. The van der Waals surface area contributed by atoms with Gasteiger partial charge in [-0.2, -0.15) is 5.10 Å². The van der Waals surface area contributed by atoms with Crippen molar-refractivity contribution in [2.45, 2.75) is 18.7 Å². The van der Waals surface area contributed by atoms with E-state index in [9.17, 15) is 13.2 Å². The van der Waals surface area contributed by atoms with Gasteiger partial charge >= 0.3 is 0 Å². The Balaban J connectivity index is 2.36. The molecule has 0 radical (unpaired) electrons. The Labute approximate surface area is 122 Å². The number of nitrogens with zero attached hydrogens (tertiary/aromatic N) is 2. The van der Waals surface area contributed by atoms with Crippen molar-refractivity contribution in [3.63, 3.8) is 0 Å². The van der Waals surface area contributed by atoms with Gasteiger partial charge in [-0.25, -0.2) is 8.42 Å². The summed E-state index contributed by atoms with van der Waals surface area (Å²) in [4.78, 5) is 11.0. The SMILES string of the molecule is Cc1nn(C)c(NS(=O)(=O)c2ccc(C(N)=O)cc2)c1C. The molecule has 0 fully saturated rings. The summed E-state index contributed by atoms with van der Waals surface area (Å²) in [5, 5.41) is 4.15. The van der Waals surface area contributed by atoms with Crippen LogP contribution in [-0.2, 0) is 17.1 Å². The molecule has 2 rings (SSSR count). The van der Waals surface area contributed by atoms with Crippen LogP contribution in [0.5, 0.6) is 0 Å². The smallest absolute Gasteiger partial charge is 0.263 e. The Morgan fingerprint density at radius 1 is 1.24 bits per heavy atom. The van der Waals surface area contributed by atoms with E-state index in [1.54, 1.807) is 20.9 Å². The van der Waals surface area contributed by atoms with Gasteiger partial charge in [-0.3, -0.25) is 14.2 Å². The van der Waals surface area contributed by atoms with Crippen LogP contribution in [0, 0.1) is 13.8 Å². The third-order valence-corrected chi connectivity index (χ3v) is 4.56. The highest BCUT2D eigenvalue weighted by Gasteiger charge is 2.19. The molecule has 0 unspecified atom stereocenters. The number of nitrogens with one attached hydrogen (secondary N) is 1. The van der Waals surface area contributed by atoms with E-state index in [2.05, 4.69) is 9.82 Å². The van der Waals surface area contributed by atoms with Crippen molar-refractivity contribution < 1.29 is 13.2 Å². The van der Waals surface area contributed by atoms with Gasteiger partial charge in [0, 0.05) is 18.2 Å². The molecule has 0 aliphatic rings. The van der Waals surface area contributed by atoms with Crippen molar-refractivity contribution in [1.82, 2.24) is 9.78 Å². The normalized spacial score (nSPS) is 11.4. The summed E-state index contributed by atoms with van der Waals surface area (Å²) in [6.07, 6.45) is 0. The average molecular weight is 308 g/mol. The lowest BCUT2D eigenvalue weighted by Gasteiger charge is -2.09. The monoisotopic (exact) mass is 308 g/mol. The van der Waals surface area contributed by atoms with E-state index < -0.39 is 15.9 Å². The molecule has 1 aromatic heterocycles. The second kappa shape index (κ2) is 5.21. The standard InChI is InChI=1S/C13H16N4O3S/c1-8-9(2)15-17(3)13(8)16-21(19,20)11-6-4-10(5-7-11)12(14)18/h4-7,16H,1-3H3,(H2,14,18). The Morgan fingerprint density at radius 2 is 1.81 bits per heavy atom. The predicted octanol–water partition coefficient (Wildman–Crippen LogP) is 0.937. The lowest BCUT2D eigenvalue weighted by atomic mass is 10.2. The lowest BCUT2D eigenvalue weighted by Crippen LogP contribution is -2.17. The first kappa shape index (κ1) is 15.0. The second-order valence-corrected chi connectivity index (χ2v) is 6.36. The molecule has 3 N–H and O–H groups in total. The summed E-state index contributed by atoms with van der Waals surface area (Å²) in [5.74, 6) is -0.198. The van der Waals surface area contributed by atoms with E-state index in [0.29, 0.717) is 5.82 Å². The zero-order valence-corrected chi connectivity index (χ0v) is 12.7. The molecular weight excluding hydrogens is 292 g/mol. The van der Waals surface area contributed by atoms with Crippen LogP contribution < -0.4 is 10.5 Å². The van der Waals surface area contributed by atoms with Crippen molar-refractivity contribution in [3.05, 3.63) is 41.1 Å². The van der Waals surface area contributed by atoms with Gasteiger partial charge in [0.25, 0.3) is 10.0 Å². The summed E-state index contributed by atoms with van der Waals surface area (Å²) in [5.41, 5.74) is 6.88. The first-order valence-electron chi connectivity index (χ1n) is 6.15. The van der Waals surface area contributed by atoms with Gasteiger partial charge in [0.05, 0.1) is 10.6 Å². The lowest BCUT2D eigenvalue weighted by molar-refractivity contribution is 0.1000. The van der Waals surface area contributed by atoms with Crippen LogP contribution in [0.3, 0.4) is 0 Å². The molecule has 1 amide bonds. The molecule has 1 heterocycles. The summed E-state index contributed by atoms with van der Waals surface area (Å²) < 4.78 is 28.6. The van der Waals surface area contributed by atoms with Gasteiger partial charge in [-0.15, -0.1) is 0 Å². The summed E-state index contributed by atoms with van der Waals surface area (Å²) >= 11 is 0. The van der Waals surface area contributed by atoms with Crippen LogP contribution in [0.15, 0.2) is 29.2 Å². The van der Waals surface area contributed by atoms with Crippen molar-refractivity contribution in [2.75, 3.05) is 4.72 Å². The molecule has 112 valence electrons. The number of hydrogen-bond donors (Lipinski definition) is 2. The first-order valence-corrected chi connectivity index (χ1v) is 7.63. The molecule has 0 spiro atoms. The van der Waals surface area contributed by atoms with Crippen molar-refractivity contribution in [1.29, 1.82) is 0 Å². The number of sulfonamides is 1. The minimum absolute atomic E-state index is 0.0470. The molecule has 8 heteroatoms. The summed E-state index contributed by atoms with van der Waals surface area (Å²) in [6.45, 7) is 3.59. The minimum atomic E-state index is -3.75. The number of anilines is 1. The number of carbonyl (C=O) groups is 1. The molecule has 1 aromatic carbocycles. The van der Waals surface area contributed by atoms with Crippen LogP contribution in [0.2, 0.25) is 0 Å². The zero-order valence-electron chi connectivity index (χ0n) is 11.9. The number of hydrogen-bond acceptors (Lipinski definition) is 4. The topological polar surface area (TPSA) is 107 Å². The maximum atomic E-state index is 12.3. The summed E-state index contributed by atoms with van der Waals surface area (Å²) in [7, 11) is -2.09. The highest BCUT2D eigenvalue weighted by molar-refractivity contribution is 7.92. The number of aryl methyl sites for hydroxylation is 2. The number of nitrogens with two attached hydrogens (primary N) is 1. The fraction of sp³-hybridized carbons (Fsp3) is 0.231. The molecule has 0 aliphatic carbocycles. The minimum Gasteiger partial charge on any atom is -0.366 e. The molecule has 0 saturated carbocycles. The van der Waals surface area contributed by atoms with Crippen molar-refractivity contribution >= 4 is 21.7 Å². The third-order valence-electron chi connectivity index (χ3n) is 3.20. The molecule has 0 bridgehead atoms. The second-order valence-electron chi connectivity index (χ2n) is 4.68. The number of carbonyl (C=O) groups excluding carboxylic acids is 1. The molecule has 0 aliphatic heterocycles. The largest absolute Gasteiger partial charge is 0.366 e. The number of rotatable bonds is 4. The molecule has 2 aromatic rings. The van der Waals surface area contributed by atoms with E-state index >= 15 is 0 Å². The molecule has 0 saturated heterocycles. The third kappa shape index (κ3) is 2.89. The molecular formula is C13H16N4O3S. The predicted molar refractivity (Wildman–Crippen MR) is 78.5 cm³/mol. The van der Waals surface area contributed by atoms with Crippen molar-refractivity contribution in [3.8, 4) is 0 Å². The van der Waals surface area contributed by atoms with Gasteiger partial charge in [0.1, 0.15) is 5.82 Å². The van der Waals surface area contributed by atoms with E-state index in [-0.39, 0.29) is 10.5 Å². The Kier molecular flexibility index (Phi) is 3.73. The number of benzene rings is 1. The van der Waals surface area contributed by atoms with Gasteiger partial charge in [-0.1, -0.05) is 0 Å². The van der Waals surface area contributed by atoms with Crippen LogP contribution in [0.4, 0.5) is 5.82 Å². The zero-order chi connectivity index (χ0) is 15.8. The van der Waals surface area contributed by atoms with Gasteiger partial charge in [0.15, 0.2) is 0 Å².